The van der Waals surface area contributed by atoms with Crippen LogP contribution in [0.2, 0.25) is 0 Å². The van der Waals surface area contributed by atoms with E-state index in [-0.39, 0.29) is 11.9 Å². The molecule has 3 rings (SSSR count). The second kappa shape index (κ2) is 9.07. The minimum absolute atomic E-state index is 0.0271. The number of hydrogen-bond acceptors (Lipinski definition) is 2. The van der Waals surface area contributed by atoms with E-state index < -0.39 is 6.10 Å². The first kappa shape index (κ1) is 19.5. The molecule has 144 valence electrons. The number of carbonyl (C=O) groups excluding carboxylic acids is 1. The summed E-state index contributed by atoms with van der Waals surface area (Å²) in [4.78, 5) is 12.9. The van der Waals surface area contributed by atoms with Gasteiger partial charge in [-0.25, -0.2) is 0 Å². The van der Waals surface area contributed by atoms with E-state index in [1.165, 1.54) is 36.0 Å². The maximum Gasteiger partial charge on any atom is 0.261 e. The summed E-state index contributed by atoms with van der Waals surface area (Å²) in [6, 6.07) is 14.6. The monoisotopic (exact) mass is 365 g/mol. The number of amides is 1. The second-order valence-electron chi connectivity index (χ2n) is 7.48. The van der Waals surface area contributed by atoms with Crippen LogP contribution in [0.25, 0.3) is 0 Å². The fourth-order valence-corrected chi connectivity index (χ4v) is 3.82. The molecular weight excluding hydrogens is 334 g/mol. The van der Waals surface area contributed by atoms with Crippen molar-refractivity contribution in [2.24, 2.45) is 0 Å². The van der Waals surface area contributed by atoms with Gasteiger partial charge in [0.05, 0.1) is 6.04 Å². The van der Waals surface area contributed by atoms with Gasteiger partial charge in [-0.15, -0.1) is 0 Å². The molecule has 2 aromatic rings. The third-order valence-electron chi connectivity index (χ3n) is 5.53. The fraction of sp³-hybridized carbons (Fsp3) is 0.458. The van der Waals surface area contributed by atoms with Gasteiger partial charge in [-0.1, -0.05) is 50.2 Å². The number of rotatable bonds is 7. The Morgan fingerprint density at radius 3 is 2.48 bits per heavy atom. The Balaban J connectivity index is 1.71. The minimum atomic E-state index is -0.474. The number of nitrogens with one attached hydrogen (secondary N) is 1. The summed E-state index contributed by atoms with van der Waals surface area (Å²) in [7, 11) is 0. The van der Waals surface area contributed by atoms with Crippen LogP contribution in [0.3, 0.4) is 0 Å². The van der Waals surface area contributed by atoms with Crippen molar-refractivity contribution in [1.82, 2.24) is 5.32 Å². The van der Waals surface area contributed by atoms with Crippen LogP contribution >= 0.6 is 0 Å². The highest BCUT2D eigenvalue weighted by Crippen LogP contribution is 2.26. The first-order chi connectivity index (χ1) is 13.1. The topological polar surface area (TPSA) is 38.3 Å². The van der Waals surface area contributed by atoms with E-state index >= 15 is 0 Å². The quantitative estimate of drug-likeness (QED) is 0.723. The molecule has 3 heteroatoms. The summed E-state index contributed by atoms with van der Waals surface area (Å²) >= 11 is 0. The molecule has 2 atom stereocenters. The third kappa shape index (κ3) is 4.71. The Morgan fingerprint density at radius 2 is 1.78 bits per heavy atom. The number of ether oxygens (including phenoxy) is 1. The average Bonchev–Trinajstić information content (AvgIpc) is 2.70. The molecule has 1 N–H and O–H groups in total. The van der Waals surface area contributed by atoms with Crippen LogP contribution in [0, 0.1) is 6.92 Å². The number of para-hydroxylation sites is 1. The van der Waals surface area contributed by atoms with E-state index in [2.05, 4.69) is 30.4 Å². The van der Waals surface area contributed by atoms with E-state index in [4.69, 9.17) is 4.74 Å². The SMILES string of the molecule is CC[C@H](Oc1ccccc1C)C(=O)N[C@@H](CC)c1ccc2c(c1)CCCC2. The largest absolute Gasteiger partial charge is 0.480 e. The predicted molar refractivity (Wildman–Crippen MR) is 110 cm³/mol. The Kier molecular flexibility index (Phi) is 6.54. The van der Waals surface area contributed by atoms with Gasteiger partial charge in [-0.2, -0.15) is 0 Å². The number of hydrogen-bond donors (Lipinski definition) is 1. The molecule has 0 heterocycles. The summed E-state index contributed by atoms with van der Waals surface area (Å²) in [5.41, 5.74) is 5.18. The highest BCUT2D eigenvalue weighted by atomic mass is 16.5. The molecule has 0 saturated carbocycles. The standard InChI is InChI=1S/C24H31NO2/c1-4-21(20-15-14-18-11-7-8-12-19(18)16-20)25-24(26)22(5-2)27-23-13-9-6-10-17(23)3/h6,9-10,13-16,21-22H,4-5,7-8,11-12H2,1-3H3,(H,25,26)/t21-,22-/m0/s1. The Labute approximate surface area is 163 Å². The van der Waals surface area contributed by atoms with Crippen molar-refractivity contribution in [2.45, 2.75) is 71.4 Å². The van der Waals surface area contributed by atoms with Crippen LogP contribution in [-0.4, -0.2) is 12.0 Å². The molecule has 1 aliphatic carbocycles. The molecule has 0 saturated heterocycles. The summed E-state index contributed by atoms with van der Waals surface area (Å²) in [6.07, 6.45) is 5.92. The normalized spacial score (nSPS) is 15.5. The fourth-order valence-electron chi connectivity index (χ4n) is 3.82. The number of carbonyl (C=O) groups is 1. The first-order valence-corrected chi connectivity index (χ1v) is 10.3. The van der Waals surface area contributed by atoms with Crippen LogP contribution in [-0.2, 0) is 17.6 Å². The van der Waals surface area contributed by atoms with Crippen molar-refractivity contribution in [1.29, 1.82) is 0 Å². The maximum atomic E-state index is 12.9. The lowest BCUT2D eigenvalue weighted by atomic mass is 9.88. The molecule has 27 heavy (non-hydrogen) atoms. The molecule has 2 aromatic carbocycles. The first-order valence-electron chi connectivity index (χ1n) is 10.3. The van der Waals surface area contributed by atoms with Crippen LogP contribution in [0.4, 0.5) is 0 Å². The summed E-state index contributed by atoms with van der Waals surface area (Å²) in [6.45, 7) is 6.11. The zero-order valence-corrected chi connectivity index (χ0v) is 16.8. The van der Waals surface area contributed by atoms with Gasteiger partial charge in [0.1, 0.15) is 5.75 Å². The molecule has 0 bridgehead atoms. The lowest BCUT2D eigenvalue weighted by molar-refractivity contribution is -0.129. The molecule has 0 spiro atoms. The number of fused-ring (bicyclic) bond motifs is 1. The predicted octanol–water partition coefficient (Wildman–Crippen LogP) is 5.30. The molecule has 3 nitrogen and oxygen atoms in total. The van der Waals surface area contributed by atoms with E-state index in [9.17, 15) is 4.79 Å². The van der Waals surface area contributed by atoms with Gasteiger partial charge < -0.3 is 10.1 Å². The highest BCUT2D eigenvalue weighted by Gasteiger charge is 2.23. The molecule has 1 aliphatic rings. The van der Waals surface area contributed by atoms with Crippen molar-refractivity contribution in [2.75, 3.05) is 0 Å². The van der Waals surface area contributed by atoms with Crippen molar-refractivity contribution in [3.63, 3.8) is 0 Å². The molecule has 0 fully saturated rings. The molecule has 0 radical (unpaired) electrons. The zero-order valence-electron chi connectivity index (χ0n) is 16.8. The van der Waals surface area contributed by atoms with Gasteiger partial charge in [0.2, 0.25) is 0 Å². The molecule has 1 amide bonds. The Morgan fingerprint density at radius 1 is 1.04 bits per heavy atom. The highest BCUT2D eigenvalue weighted by molar-refractivity contribution is 5.81. The second-order valence-corrected chi connectivity index (χ2v) is 7.48. The van der Waals surface area contributed by atoms with Gasteiger partial charge in [-0.3, -0.25) is 4.79 Å². The van der Waals surface area contributed by atoms with Gasteiger partial charge in [-0.05, 0) is 73.8 Å². The van der Waals surface area contributed by atoms with Crippen LogP contribution < -0.4 is 10.1 Å². The summed E-state index contributed by atoms with van der Waals surface area (Å²) in [5.74, 6) is 0.742. The Hall–Kier alpha value is -2.29. The van der Waals surface area contributed by atoms with Crippen LogP contribution in [0.1, 0.15) is 67.8 Å². The maximum absolute atomic E-state index is 12.9. The summed E-state index contributed by atoms with van der Waals surface area (Å²) in [5, 5.41) is 3.22. The van der Waals surface area contributed by atoms with Gasteiger partial charge in [0.15, 0.2) is 6.10 Å². The zero-order chi connectivity index (χ0) is 19.2. The van der Waals surface area contributed by atoms with Crippen LogP contribution in [0.15, 0.2) is 42.5 Å². The van der Waals surface area contributed by atoms with E-state index in [0.717, 1.165) is 24.2 Å². The smallest absolute Gasteiger partial charge is 0.261 e. The van der Waals surface area contributed by atoms with Crippen molar-refractivity contribution in [3.05, 3.63) is 64.7 Å². The number of benzene rings is 2. The lowest BCUT2D eigenvalue weighted by Crippen LogP contribution is -2.40. The van der Waals surface area contributed by atoms with Crippen molar-refractivity contribution >= 4 is 5.91 Å². The third-order valence-corrected chi connectivity index (χ3v) is 5.53. The van der Waals surface area contributed by atoms with E-state index in [1.807, 2.05) is 38.1 Å². The Bertz CT molecular complexity index is 784. The van der Waals surface area contributed by atoms with Gasteiger partial charge >= 0.3 is 0 Å². The molecular formula is C24H31NO2. The van der Waals surface area contributed by atoms with Crippen molar-refractivity contribution in [3.8, 4) is 5.75 Å². The molecule has 0 unspecified atom stereocenters. The minimum Gasteiger partial charge on any atom is -0.480 e. The average molecular weight is 366 g/mol. The summed E-state index contributed by atoms with van der Waals surface area (Å²) < 4.78 is 6.02. The van der Waals surface area contributed by atoms with E-state index in [0.29, 0.717) is 6.42 Å². The van der Waals surface area contributed by atoms with Gasteiger partial charge in [0.25, 0.3) is 5.91 Å². The van der Waals surface area contributed by atoms with E-state index in [1.54, 1.807) is 0 Å². The van der Waals surface area contributed by atoms with Gasteiger partial charge in [0, 0.05) is 0 Å². The van der Waals surface area contributed by atoms with Crippen LogP contribution in [0.5, 0.6) is 5.75 Å². The number of aryl methyl sites for hydroxylation is 3. The lowest BCUT2D eigenvalue weighted by Gasteiger charge is -2.24. The van der Waals surface area contributed by atoms with Crippen molar-refractivity contribution < 1.29 is 9.53 Å². The molecule has 0 aromatic heterocycles. The molecule has 0 aliphatic heterocycles.